The number of nitrogens with two attached hydrogens (primary N) is 1. The molecular weight excluding hydrogens is 224 g/mol. The van der Waals surface area contributed by atoms with Crippen molar-refractivity contribution in [3.05, 3.63) is 0 Å². The lowest BCUT2D eigenvalue weighted by atomic mass is 10.0. The number of rotatable bonds is 6. The Morgan fingerprint density at radius 2 is 2.19 bits per heavy atom. The monoisotopic (exact) mass is 248 g/mol. The van der Waals surface area contributed by atoms with Crippen molar-refractivity contribution in [3.8, 4) is 0 Å². The van der Waals surface area contributed by atoms with Gasteiger partial charge in [-0.15, -0.1) is 0 Å². The maximum Gasteiger partial charge on any atom is 0.150 e. The summed E-state index contributed by atoms with van der Waals surface area (Å²) < 4.78 is 22.6. The van der Waals surface area contributed by atoms with Gasteiger partial charge < -0.3 is 10.6 Å². The summed E-state index contributed by atoms with van der Waals surface area (Å²) in [7, 11) is -2.79. The van der Waals surface area contributed by atoms with Crippen molar-refractivity contribution in [2.75, 3.05) is 31.1 Å². The van der Waals surface area contributed by atoms with E-state index in [1.165, 1.54) is 0 Å². The zero-order valence-electron chi connectivity index (χ0n) is 10.4. The van der Waals surface area contributed by atoms with Gasteiger partial charge in [0.1, 0.15) is 9.84 Å². The molecule has 0 aromatic rings. The van der Waals surface area contributed by atoms with Gasteiger partial charge in [0.2, 0.25) is 0 Å². The van der Waals surface area contributed by atoms with E-state index < -0.39 is 9.84 Å². The third-order valence-electron chi connectivity index (χ3n) is 3.42. The van der Waals surface area contributed by atoms with Crippen LogP contribution in [0, 0.1) is 5.92 Å². The van der Waals surface area contributed by atoms with Crippen molar-refractivity contribution in [3.63, 3.8) is 0 Å². The minimum absolute atomic E-state index is 0.254. The highest BCUT2D eigenvalue weighted by molar-refractivity contribution is 7.91. The zero-order chi connectivity index (χ0) is 12.2. The number of nitrogens with zero attached hydrogens (tertiary/aromatic N) is 1. The van der Waals surface area contributed by atoms with Gasteiger partial charge in [0, 0.05) is 18.3 Å². The van der Waals surface area contributed by atoms with E-state index in [4.69, 9.17) is 5.73 Å². The van der Waals surface area contributed by atoms with Crippen molar-refractivity contribution in [1.29, 1.82) is 0 Å². The predicted molar refractivity (Wildman–Crippen MR) is 67.1 cm³/mol. The number of likely N-dealkylation sites (tertiary alicyclic amines) is 1. The van der Waals surface area contributed by atoms with E-state index in [9.17, 15) is 8.42 Å². The third-order valence-corrected chi connectivity index (χ3v) is 5.21. The fourth-order valence-corrected chi connectivity index (χ4v) is 3.00. The summed E-state index contributed by atoms with van der Waals surface area (Å²) in [5, 5.41) is 0. The van der Waals surface area contributed by atoms with Gasteiger partial charge in [-0.3, -0.25) is 0 Å². The van der Waals surface area contributed by atoms with E-state index in [0.29, 0.717) is 11.7 Å². The van der Waals surface area contributed by atoms with Gasteiger partial charge in [-0.05, 0) is 38.8 Å². The zero-order valence-corrected chi connectivity index (χ0v) is 11.2. The van der Waals surface area contributed by atoms with Crippen molar-refractivity contribution in [2.45, 2.75) is 32.7 Å². The summed E-state index contributed by atoms with van der Waals surface area (Å²) in [6, 6.07) is 0.254. The van der Waals surface area contributed by atoms with Gasteiger partial charge in [0.15, 0.2) is 0 Å². The molecule has 2 atom stereocenters. The van der Waals surface area contributed by atoms with Crippen LogP contribution in [0.5, 0.6) is 0 Å². The van der Waals surface area contributed by atoms with Crippen molar-refractivity contribution in [1.82, 2.24) is 4.90 Å². The van der Waals surface area contributed by atoms with Crippen LogP contribution in [0.4, 0.5) is 0 Å². The second-order valence-corrected chi connectivity index (χ2v) is 7.27. The van der Waals surface area contributed by atoms with Crippen LogP contribution in [-0.2, 0) is 9.84 Å². The molecule has 1 fully saturated rings. The van der Waals surface area contributed by atoms with Gasteiger partial charge in [0.05, 0.1) is 5.75 Å². The van der Waals surface area contributed by atoms with Gasteiger partial charge in [-0.1, -0.05) is 6.92 Å². The molecule has 2 N–H and O–H groups in total. The van der Waals surface area contributed by atoms with E-state index in [-0.39, 0.29) is 11.8 Å². The molecule has 96 valence electrons. The fraction of sp³-hybridized carbons (Fsp3) is 1.00. The molecule has 1 heterocycles. The van der Waals surface area contributed by atoms with E-state index in [1.54, 1.807) is 6.92 Å². The van der Waals surface area contributed by atoms with Crippen molar-refractivity contribution in [2.24, 2.45) is 11.7 Å². The van der Waals surface area contributed by atoms with E-state index >= 15 is 0 Å². The predicted octanol–water partition coefficient (Wildman–Crippen LogP) is 0.480. The molecule has 0 radical (unpaired) electrons. The molecule has 0 aromatic heterocycles. The SMILES string of the molecule is CCS(=O)(=O)CCCN1CCC(C(C)N)C1. The Labute approximate surface area is 99.1 Å². The van der Waals surface area contributed by atoms with Crippen LogP contribution in [0.1, 0.15) is 26.7 Å². The van der Waals surface area contributed by atoms with E-state index in [0.717, 1.165) is 32.5 Å². The van der Waals surface area contributed by atoms with Crippen LogP contribution in [-0.4, -0.2) is 50.5 Å². The Bertz CT molecular complexity index is 301. The largest absolute Gasteiger partial charge is 0.328 e. The molecular formula is C11H24N2O2S. The standard InChI is InChI=1S/C11H24N2O2S/c1-3-16(14,15)8-4-6-13-7-5-11(9-13)10(2)12/h10-11H,3-9,12H2,1-2H3. The highest BCUT2D eigenvalue weighted by Gasteiger charge is 2.24. The molecule has 1 aliphatic heterocycles. The summed E-state index contributed by atoms with van der Waals surface area (Å²) >= 11 is 0. The molecule has 5 heteroatoms. The number of hydrogen-bond donors (Lipinski definition) is 1. The van der Waals surface area contributed by atoms with Gasteiger partial charge in [0.25, 0.3) is 0 Å². The summed E-state index contributed by atoms with van der Waals surface area (Å²) in [5.74, 6) is 1.17. The Morgan fingerprint density at radius 1 is 1.50 bits per heavy atom. The highest BCUT2D eigenvalue weighted by Crippen LogP contribution is 2.18. The van der Waals surface area contributed by atoms with Crippen LogP contribution < -0.4 is 5.73 Å². The van der Waals surface area contributed by atoms with Crippen LogP contribution >= 0.6 is 0 Å². The Morgan fingerprint density at radius 3 is 2.69 bits per heavy atom. The summed E-state index contributed by atoms with van der Waals surface area (Å²) in [4.78, 5) is 2.33. The first-order valence-electron chi connectivity index (χ1n) is 6.13. The maximum atomic E-state index is 11.3. The average Bonchev–Trinajstić information content (AvgIpc) is 2.66. The molecule has 2 unspecified atom stereocenters. The molecule has 0 bridgehead atoms. The molecule has 0 spiro atoms. The van der Waals surface area contributed by atoms with Crippen LogP contribution in [0.25, 0.3) is 0 Å². The topological polar surface area (TPSA) is 63.4 Å². The quantitative estimate of drug-likeness (QED) is 0.742. The molecule has 0 saturated carbocycles. The minimum atomic E-state index is -2.79. The summed E-state index contributed by atoms with van der Waals surface area (Å²) in [6.07, 6.45) is 1.90. The van der Waals surface area contributed by atoms with Crippen molar-refractivity contribution >= 4 is 9.84 Å². The van der Waals surface area contributed by atoms with Gasteiger partial charge in [-0.25, -0.2) is 8.42 Å². The summed E-state index contributed by atoms with van der Waals surface area (Å²) in [6.45, 7) is 6.75. The molecule has 0 amide bonds. The normalized spacial score (nSPS) is 24.8. The Hall–Kier alpha value is -0.130. The maximum absolute atomic E-state index is 11.3. The molecule has 1 aliphatic rings. The Balaban J connectivity index is 2.21. The minimum Gasteiger partial charge on any atom is -0.328 e. The lowest BCUT2D eigenvalue weighted by Crippen LogP contribution is -2.30. The van der Waals surface area contributed by atoms with Gasteiger partial charge in [-0.2, -0.15) is 0 Å². The second kappa shape index (κ2) is 5.98. The van der Waals surface area contributed by atoms with E-state index in [2.05, 4.69) is 11.8 Å². The first-order chi connectivity index (χ1) is 7.44. The van der Waals surface area contributed by atoms with Crippen LogP contribution in [0.3, 0.4) is 0 Å². The highest BCUT2D eigenvalue weighted by atomic mass is 32.2. The lowest BCUT2D eigenvalue weighted by molar-refractivity contribution is 0.316. The van der Waals surface area contributed by atoms with Crippen LogP contribution in [0.15, 0.2) is 0 Å². The number of sulfone groups is 1. The molecule has 0 aromatic carbocycles. The third kappa shape index (κ3) is 4.39. The Kier molecular flexibility index (Phi) is 5.21. The fourth-order valence-electron chi connectivity index (χ4n) is 2.15. The average molecular weight is 248 g/mol. The lowest BCUT2D eigenvalue weighted by Gasteiger charge is -2.17. The van der Waals surface area contributed by atoms with E-state index in [1.807, 2.05) is 0 Å². The second-order valence-electron chi connectivity index (χ2n) is 4.80. The van der Waals surface area contributed by atoms with Crippen molar-refractivity contribution < 1.29 is 8.42 Å². The molecule has 1 saturated heterocycles. The smallest absolute Gasteiger partial charge is 0.150 e. The number of hydrogen-bond acceptors (Lipinski definition) is 4. The molecule has 0 aliphatic carbocycles. The summed E-state index contributed by atoms with van der Waals surface area (Å²) in [5.41, 5.74) is 5.86. The first kappa shape index (κ1) is 13.9. The molecule has 1 rings (SSSR count). The molecule has 4 nitrogen and oxygen atoms in total. The molecule has 16 heavy (non-hydrogen) atoms. The first-order valence-corrected chi connectivity index (χ1v) is 7.95. The van der Waals surface area contributed by atoms with Crippen LogP contribution in [0.2, 0.25) is 0 Å². The van der Waals surface area contributed by atoms with Gasteiger partial charge >= 0.3 is 0 Å².